The van der Waals surface area contributed by atoms with Crippen LogP contribution in [0.5, 0.6) is 0 Å². The summed E-state index contributed by atoms with van der Waals surface area (Å²) in [6.45, 7) is 9.00. The molecule has 96 valence electrons. The number of rotatable bonds is 7. The van der Waals surface area contributed by atoms with Crippen molar-refractivity contribution in [3.63, 3.8) is 0 Å². The van der Waals surface area contributed by atoms with Gasteiger partial charge in [0.1, 0.15) is 0 Å². The van der Waals surface area contributed by atoms with Crippen LogP contribution in [0, 0.1) is 0 Å². The van der Waals surface area contributed by atoms with E-state index in [0.717, 1.165) is 12.2 Å². The number of hydrogen-bond donors (Lipinski definition) is 1. The number of nitrogens with two attached hydrogens (primary N) is 1. The maximum absolute atomic E-state index is 5.82. The lowest BCUT2D eigenvalue weighted by Gasteiger charge is -2.28. The first-order chi connectivity index (χ1) is 8.17. The molecule has 0 radical (unpaired) electrons. The van der Waals surface area contributed by atoms with Crippen LogP contribution in [0.3, 0.4) is 0 Å². The molecule has 0 bridgehead atoms. The van der Waals surface area contributed by atoms with Crippen molar-refractivity contribution >= 4 is 5.69 Å². The van der Waals surface area contributed by atoms with Gasteiger partial charge in [-0.25, -0.2) is 0 Å². The maximum atomic E-state index is 5.82. The first kappa shape index (κ1) is 14.0. The van der Waals surface area contributed by atoms with E-state index in [-0.39, 0.29) is 0 Å². The predicted octanol–water partition coefficient (Wildman–Crippen LogP) is 3.67. The highest BCUT2D eigenvalue weighted by molar-refractivity contribution is 5.40. The van der Waals surface area contributed by atoms with Gasteiger partial charge in [0, 0.05) is 18.3 Å². The molecule has 1 aromatic carbocycles. The summed E-state index contributed by atoms with van der Waals surface area (Å²) in [5.74, 6) is 0. The minimum Gasteiger partial charge on any atom is -0.399 e. The van der Waals surface area contributed by atoms with Crippen LogP contribution in [0.15, 0.2) is 24.3 Å². The fourth-order valence-corrected chi connectivity index (χ4v) is 2.00. The summed E-state index contributed by atoms with van der Waals surface area (Å²) in [6, 6.07) is 8.88. The van der Waals surface area contributed by atoms with Crippen LogP contribution < -0.4 is 5.73 Å². The van der Waals surface area contributed by atoms with Crippen LogP contribution in [0.4, 0.5) is 5.69 Å². The predicted molar refractivity (Wildman–Crippen MR) is 75.9 cm³/mol. The maximum Gasteiger partial charge on any atom is 0.0317 e. The number of nitrogen functional groups attached to an aromatic ring is 1. The van der Waals surface area contributed by atoms with Crippen LogP contribution in [0.1, 0.15) is 45.6 Å². The van der Waals surface area contributed by atoms with E-state index in [1.165, 1.54) is 31.4 Å². The zero-order valence-corrected chi connectivity index (χ0v) is 11.4. The summed E-state index contributed by atoms with van der Waals surface area (Å²) in [7, 11) is 0. The molecule has 0 saturated heterocycles. The molecule has 1 unspecified atom stereocenters. The van der Waals surface area contributed by atoms with E-state index >= 15 is 0 Å². The van der Waals surface area contributed by atoms with Crippen molar-refractivity contribution in [2.24, 2.45) is 0 Å². The van der Waals surface area contributed by atoms with E-state index < -0.39 is 0 Å². The molecule has 1 rings (SSSR count). The van der Waals surface area contributed by atoms with Crippen molar-refractivity contribution in [3.05, 3.63) is 29.8 Å². The van der Waals surface area contributed by atoms with Crippen LogP contribution in [0.25, 0.3) is 0 Å². The lowest BCUT2D eigenvalue weighted by atomic mass is 10.1. The smallest absolute Gasteiger partial charge is 0.0317 e. The molecule has 17 heavy (non-hydrogen) atoms. The van der Waals surface area contributed by atoms with Crippen molar-refractivity contribution in [2.75, 3.05) is 12.3 Å². The number of anilines is 1. The average molecular weight is 234 g/mol. The second-order valence-electron chi connectivity index (χ2n) is 4.83. The Balaban J connectivity index is 2.64. The van der Waals surface area contributed by atoms with Gasteiger partial charge in [-0.15, -0.1) is 0 Å². The van der Waals surface area contributed by atoms with Gasteiger partial charge < -0.3 is 5.73 Å². The first-order valence-electron chi connectivity index (χ1n) is 6.75. The molecule has 0 amide bonds. The van der Waals surface area contributed by atoms with Gasteiger partial charge in [0.05, 0.1) is 0 Å². The monoisotopic (exact) mass is 234 g/mol. The van der Waals surface area contributed by atoms with Gasteiger partial charge in [-0.2, -0.15) is 0 Å². The van der Waals surface area contributed by atoms with Crippen molar-refractivity contribution in [1.82, 2.24) is 4.90 Å². The number of nitrogens with zero attached hydrogens (tertiary/aromatic N) is 1. The molecule has 0 saturated carbocycles. The largest absolute Gasteiger partial charge is 0.399 e. The SMILES string of the molecule is CCCCN(Cc1cccc(N)c1)C(C)CC. The first-order valence-corrected chi connectivity index (χ1v) is 6.75. The number of unbranched alkanes of at least 4 members (excludes halogenated alkanes) is 1. The molecule has 0 aliphatic heterocycles. The zero-order chi connectivity index (χ0) is 12.7. The highest BCUT2D eigenvalue weighted by Crippen LogP contribution is 2.14. The van der Waals surface area contributed by atoms with Crippen molar-refractivity contribution in [3.8, 4) is 0 Å². The summed E-state index contributed by atoms with van der Waals surface area (Å²) in [6.07, 6.45) is 3.72. The molecule has 0 aliphatic carbocycles. The minimum absolute atomic E-state index is 0.642. The zero-order valence-electron chi connectivity index (χ0n) is 11.4. The summed E-state index contributed by atoms with van der Waals surface area (Å²) in [4.78, 5) is 2.55. The Morgan fingerprint density at radius 2 is 2.06 bits per heavy atom. The van der Waals surface area contributed by atoms with Crippen molar-refractivity contribution < 1.29 is 0 Å². The lowest BCUT2D eigenvalue weighted by molar-refractivity contribution is 0.192. The molecule has 0 fully saturated rings. The van der Waals surface area contributed by atoms with Gasteiger partial charge in [0.15, 0.2) is 0 Å². The molecule has 2 nitrogen and oxygen atoms in total. The fourth-order valence-electron chi connectivity index (χ4n) is 2.00. The molecular formula is C15H26N2. The molecule has 0 heterocycles. The van der Waals surface area contributed by atoms with Gasteiger partial charge in [0.2, 0.25) is 0 Å². The fraction of sp³-hybridized carbons (Fsp3) is 0.600. The van der Waals surface area contributed by atoms with E-state index in [0.29, 0.717) is 6.04 Å². The van der Waals surface area contributed by atoms with Gasteiger partial charge in [-0.05, 0) is 44.0 Å². The molecule has 0 aromatic heterocycles. The normalized spacial score (nSPS) is 12.9. The quantitative estimate of drug-likeness (QED) is 0.729. The van der Waals surface area contributed by atoms with Gasteiger partial charge >= 0.3 is 0 Å². The van der Waals surface area contributed by atoms with Crippen LogP contribution >= 0.6 is 0 Å². The summed E-state index contributed by atoms with van der Waals surface area (Å²) in [5.41, 5.74) is 8.01. The molecular weight excluding hydrogens is 208 g/mol. The van der Waals surface area contributed by atoms with Crippen molar-refractivity contribution in [2.45, 2.75) is 52.6 Å². The topological polar surface area (TPSA) is 29.3 Å². The second kappa shape index (κ2) is 7.33. The highest BCUT2D eigenvalue weighted by atomic mass is 15.1. The number of hydrogen-bond acceptors (Lipinski definition) is 2. The Labute approximate surface area is 106 Å². The van der Waals surface area contributed by atoms with E-state index in [4.69, 9.17) is 5.73 Å². The molecule has 1 aromatic rings. The standard InChI is InChI=1S/C15H26N2/c1-4-6-10-17(13(3)5-2)12-14-8-7-9-15(16)11-14/h7-9,11,13H,4-6,10,12,16H2,1-3H3. The summed E-state index contributed by atoms with van der Waals surface area (Å²) >= 11 is 0. The third-order valence-electron chi connectivity index (χ3n) is 3.35. The Morgan fingerprint density at radius 1 is 1.29 bits per heavy atom. The molecule has 0 spiro atoms. The van der Waals surface area contributed by atoms with Gasteiger partial charge in [-0.3, -0.25) is 4.90 Å². The third kappa shape index (κ3) is 4.78. The number of benzene rings is 1. The van der Waals surface area contributed by atoms with Crippen LogP contribution in [-0.4, -0.2) is 17.5 Å². The Kier molecular flexibility index (Phi) is 6.06. The van der Waals surface area contributed by atoms with E-state index in [1.807, 2.05) is 12.1 Å². The highest BCUT2D eigenvalue weighted by Gasteiger charge is 2.11. The Bertz CT molecular complexity index is 322. The van der Waals surface area contributed by atoms with E-state index in [1.54, 1.807) is 0 Å². The average Bonchev–Trinajstić information content (AvgIpc) is 2.33. The molecule has 0 aliphatic rings. The van der Waals surface area contributed by atoms with Gasteiger partial charge in [-0.1, -0.05) is 32.4 Å². The lowest BCUT2D eigenvalue weighted by Crippen LogP contribution is -2.33. The van der Waals surface area contributed by atoms with E-state index in [9.17, 15) is 0 Å². The Morgan fingerprint density at radius 3 is 2.65 bits per heavy atom. The van der Waals surface area contributed by atoms with Gasteiger partial charge in [0.25, 0.3) is 0 Å². The molecule has 2 N–H and O–H groups in total. The van der Waals surface area contributed by atoms with Crippen LogP contribution in [-0.2, 0) is 6.54 Å². The molecule has 1 atom stereocenters. The second-order valence-corrected chi connectivity index (χ2v) is 4.83. The van der Waals surface area contributed by atoms with Crippen molar-refractivity contribution in [1.29, 1.82) is 0 Å². The summed E-state index contributed by atoms with van der Waals surface area (Å²) < 4.78 is 0. The summed E-state index contributed by atoms with van der Waals surface area (Å²) in [5, 5.41) is 0. The minimum atomic E-state index is 0.642. The van der Waals surface area contributed by atoms with Crippen LogP contribution in [0.2, 0.25) is 0 Å². The Hall–Kier alpha value is -1.02. The van der Waals surface area contributed by atoms with E-state index in [2.05, 4.69) is 37.8 Å². The molecule has 2 heteroatoms. The third-order valence-corrected chi connectivity index (χ3v) is 3.35.